The van der Waals surface area contributed by atoms with Gasteiger partial charge in [0.25, 0.3) is 0 Å². The van der Waals surface area contributed by atoms with E-state index in [1.807, 2.05) is 26.0 Å². The average molecular weight is 194 g/mol. The number of carbonyl (C=O) groups is 1. The van der Waals surface area contributed by atoms with Gasteiger partial charge >= 0.3 is 6.09 Å². The molecule has 14 heavy (non-hydrogen) atoms. The summed E-state index contributed by atoms with van der Waals surface area (Å²) in [5.41, 5.74) is 8.91. The van der Waals surface area contributed by atoms with Crippen LogP contribution in [0.1, 0.15) is 11.1 Å². The zero-order valence-corrected chi connectivity index (χ0v) is 8.55. The van der Waals surface area contributed by atoms with E-state index in [9.17, 15) is 4.79 Å². The molecule has 1 rings (SSSR count). The minimum Gasteiger partial charge on any atom is -0.453 e. The standard InChI is InChI=1S/C10H14N2O2/c1-6-4-5-8(11)7(2)9(6)12-10(13)14-3/h4-5H,11H2,1-3H3,(H,12,13). The van der Waals surface area contributed by atoms with Gasteiger partial charge in [-0.05, 0) is 31.0 Å². The number of rotatable bonds is 1. The number of methoxy groups -OCH3 is 1. The summed E-state index contributed by atoms with van der Waals surface area (Å²) in [5.74, 6) is 0. The van der Waals surface area contributed by atoms with Crippen molar-refractivity contribution in [3.63, 3.8) is 0 Å². The third-order valence-electron chi connectivity index (χ3n) is 2.13. The predicted molar refractivity (Wildman–Crippen MR) is 56.4 cm³/mol. The minimum absolute atomic E-state index is 0.484. The lowest BCUT2D eigenvalue weighted by Gasteiger charge is -2.12. The number of ether oxygens (including phenoxy) is 1. The number of amides is 1. The van der Waals surface area contributed by atoms with Crippen molar-refractivity contribution in [2.45, 2.75) is 13.8 Å². The first-order chi connectivity index (χ1) is 6.56. The van der Waals surface area contributed by atoms with Crippen molar-refractivity contribution in [1.82, 2.24) is 0 Å². The Kier molecular flexibility index (Phi) is 2.96. The van der Waals surface area contributed by atoms with Gasteiger partial charge in [-0.3, -0.25) is 5.32 Å². The zero-order chi connectivity index (χ0) is 10.7. The molecule has 0 saturated heterocycles. The Morgan fingerprint density at radius 2 is 2.07 bits per heavy atom. The summed E-state index contributed by atoms with van der Waals surface area (Å²) in [6, 6.07) is 3.67. The van der Waals surface area contributed by atoms with Gasteiger partial charge in [-0.25, -0.2) is 4.79 Å². The summed E-state index contributed by atoms with van der Waals surface area (Å²) in [6.07, 6.45) is -0.484. The molecular weight excluding hydrogens is 180 g/mol. The van der Waals surface area contributed by atoms with Crippen molar-refractivity contribution >= 4 is 17.5 Å². The molecule has 0 heterocycles. The van der Waals surface area contributed by atoms with Crippen LogP contribution in [0.5, 0.6) is 0 Å². The lowest BCUT2D eigenvalue weighted by Crippen LogP contribution is -2.13. The number of nitrogens with two attached hydrogens (primary N) is 1. The van der Waals surface area contributed by atoms with E-state index in [0.717, 1.165) is 16.8 Å². The van der Waals surface area contributed by atoms with E-state index in [2.05, 4.69) is 10.1 Å². The molecule has 1 aromatic rings. The molecule has 76 valence electrons. The Morgan fingerprint density at radius 1 is 1.43 bits per heavy atom. The molecule has 0 unspecified atom stereocenters. The summed E-state index contributed by atoms with van der Waals surface area (Å²) in [7, 11) is 1.33. The van der Waals surface area contributed by atoms with Crippen LogP contribution in [-0.2, 0) is 4.74 Å². The van der Waals surface area contributed by atoms with Gasteiger partial charge in [0.2, 0.25) is 0 Å². The van der Waals surface area contributed by atoms with Crippen LogP contribution in [0.4, 0.5) is 16.2 Å². The van der Waals surface area contributed by atoms with Gasteiger partial charge in [0.05, 0.1) is 12.8 Å². The van der Waals surface area contributed by atoms with Crippen molar-refractivity contribution in [2.75, 3.05) is 18.2 Å². The molecule has 0 spiro atoms. The van der Waals surface area contributed by atoms with Crippen LogP contribution in [0, 0.1) is 13.8 Å². The van der Waals surface area contributed by atoms with Crippen LogP contribution < -0.4 is 11.1 Å². The third kappa shape index (κ3) is 1.96. The van der Waals surface area contributed by atoms with E-state index < -0.39 is 6.09 Å². The number of hydrogen-bond acceptors (Lipinski definition) is 3. The average Bonchev–Trinajstić information content (AvgIpc) is 2.18. The number of aryl methyl sites for hydroxylation is 1. The molecule has 0 atom stereocenters. The number of nitrogen functional groups attached to an aromatic ring is 1. The fourth-order valence-electron chi connectivity index (χ4n) is 1.21. The van der Waals surface area contributed by atoms with Gasteiger partial charge in [0.15, 0.2) is 0 Å². The molecule has 1 amide bonds. The highest BCUT2D eigenvalue weighted by Gasteiger charge is 2.08. The highest BCUT2D eigenvalue weighted by atomic mass is 16.5. The van der Waals surface area contributed by atoms with Crippen molar-refractivity contribution < 1.29 is 9.53 Å². The number of benzene rings is 1. The second kappa shape index (κ2) is 4.00. The molecule has 0 bridgehead atoms. The van der Waals surface area contributed by atoms with Crippen molar-refractivity contribution in [1.29, 1.82) is 0 Å². The highest BCUT2D eigenvalue weighted by Crippen LogP contribution is 2.25. The number of nitrogens with one attached hydrogen (secondary N) is 1. The zero-order valence-electron chi connectivity index (χ0n) is 8.55. The molecule has 0 saturated carbocycles. The molecule has 4 heteroatoms. The molecule has 0 aliphatic heterocycles. The Hall–Kier alpha value is -1.71. The summed E-state index contributed by atoms with van der Waals surface area (Å²) in [5, 5.41) is 2.63. The first-order valence-corrected chi connectivity index (χ1v) is 4.27. The summed E-state index contributed by atoms with van der Waals surface area (Å²) < 4.78 is 4.51. The molecule has 0 radical (unpaired) electrons. The first-order valence-electron chi connectivity index (χ1n) is 4.27. The van der Waals surface area contributed by atoms with Gasteiger partial charge < -0.3 is 10.5 Å². The molecule has 3 N–H and O–H groups in total. The maximum absolute atomic E-state index is 11.0. The molecule has 0 aromatic heterocycles. The van der Waals surface area contributed by atoms with Crippen molar-refractivity contribution in [3.05, 3.63) is 23.3 Å². The quantitative estimate of drug-likeness (QED) is 0.672. The Balaban J connectivity index is 3.06. The minimum atomic E-state index is -0.484. The summed E-state index contributed by atoms with van der Waals surface area (Å²) in [4.78, 5) is 11.0. The topological polar surface area (TPSA) is 64.3 Å². The maximum Gasteiger partial charge on any atom is 0.411 e. The SMILES string of the molecule is COC(=O)Nc1c(C)ccc(N)c1C. The molecule has 4 nitrogen and oxygen atoms in total. The second-order valence-electron chi connectivity index (χ2n) is 3.09. The fourth-order valence-corrected chi connectivity index (χ4v) is 1.21. The Labute approximate surface area is 83.1 Å². The van der Waals surface area contributed by atoms with E-state index in [0.29, 0.717) is 5.69 Å². The fraction of sp³-hybridized carbons (Fsp3) is 0.300. The van der Waals surface area contributed by atoms with Crippen LogP contribution in [0.15, 0.2) is 12.1 Å². The summed E-state index contributed by atoms with van der Waals surface area (Å²) >= 11 is 0. The van der Waals surface area contributed by atoms with E-state index in [1.165, 1.54) is 7.11 Å². The first kappa shape index (κ1) is 10.4. The van der Waals surface area contributed by atoms with E-state index in [-0.39, 0.29) is 0 Å². The van der Waals surface area contributed by atoms with Crippen LogP contribution in [0.3, 0.4) is 0 Å². The summed E-state index contributed by atoms with van der Waals surface area (Å²) in [6.45, 7) is 3.76. The Bertz CT molecular complexity index is 361. The number of carbonyl (C=O) groups excluding carboxylic acids is 1. The Morgan fingerprint density at radius 3 is 2.64 bits per heavy atom. The van der Waals surface area contributed by atoms with Crippen LogP contribution >= 0.6 is 0 Å². The maximum atomic E-state index is 11.0. The van der Waals surface area contributed by atoms with Crippen LogP contribution in [-0.4, -0.2) is 13.2 Å². The highest BCUT2D eigenvalue weighted by molar-refractivity contribution is 5.88. The van der Waals surface area contributed by atoms with Crippen LogP contribution in [0.25, 0.3) is 0 Å². The lowest BCUT2D eigenvalue weighted by atomic mass is 10.1. The monoisotopic (exact) mass is 194 g/mol. The number of anilines is 2. The second-order valence-corrected chi connectivity index (χ2v) is 3.09. The van der Waals surface area contributed by atoms with Gasteiger partial charge in [-0.1, -0.05) is 6.07 Å². The third-order valence-corrected chi connectivity index (χ3v) is 2.13. The molecule has 0 fully saturated rings. The lowest BCUT2D eigenvalue weighted by molar-refractivity contribution is 0.187. The molecular formula is C10H14N2O2. The smallest absolute Gasteiger partial charge is 0.411 e. The molecule has 1 aromatic carbocycles. The van der Waals surface area contributed by atoms with Crippen LogP contribution in [0.2, 0.25) is 0 Å². The largest absolute Gasteiger partial charge is 0.453 e. The van der Waals surface area contributed by atoms with E-state index >= 15 is 0 Å². The number of hydrogen-bond donors (Lipinski definition) is 2. The van der Waals surface area contributed by atoms with Gasteiger partial charge in [-0.15, -0.1) is 0 Å². The normalized spacial score (nSPS) is 9.64. The van der Waals surface area contributed by atoms with Gasteiger partial charge in [0, 0.05) is 5.69 Å². The van der Waals surface area contributed by atoms with E-state index in [4.69, 9.17) is 5.73 Å². The van der Waals surface area contributed by atoms with Gasteiger partial charge in [0.1, 0.15) is 0 Å². The predicted octanol–water partition coefficient (Wildman–Crippen LogP) is 2.06. The molecule has 0 aliphatic carbocycles. The van der Waals surface area contributed by atoms with Gasteiger partial charge in [-0.2, -0.15) is 0 Å². The van der Waals surface area contributed by atoms with Crippen molar-refractivity contribution in [2.24, 2.45) is 0 Å². The molecule has 0 aliphatic rings. The van der Waals surface area contributed by atoms with E-state index in [1.54, 1.807) is 0 Å². The van der Waals surface area contributed by atoms with Crippen molar-refractivity contribution in [3.8, 4) is 0 Å².